The van der Waals surface area contributed by atoms with E-state index in [1.54, 1.807) is 36.4 Å². The van der Waals surface area contributed by atoms with E-state index < -0.39 is 9.92 Å². The van der Waals surface area contributed by atoms with Crippen LogP contribution in [0, 0.1) is 4.78 Å². The summed E-state index contributed by atoms with van der Waals surface area (Å²) < 4.78 is 27.5. The third-order valence-corrected chi connectivity index (χ3v) is 4.04. The van der Waals surface area contributed by atoms with Crippen LogP contribution in [0.15, 0.2) is 47.9 Å². The molecule has 22 heavy (non-hydrogen) atoms. The molecule has 0 heterocycles. The molecule has 0 saturated carbocycles. The van der Waals surface area contributed by atoms with Crippen LogP contribution in [-0.2, 0) is 9.92 Å². The minimum atomic E-state index is -3.21. The number of phenols is 1. The van der Waals surface area contributed by atoms with E-state index in [1.165, 1.54) is 24.7 Å². The molecule has 0 aliphatic carbocycles. The molecule has 0 aliphatic heterocycles. The van der Waals surface area contributed by atoms with Gasteiger partial charge in [0.1, 0.15) is 9.92 Å². The molecule has 2 aromatic carbocycles. The lowest BCUT2D eigenvalue weighted by Gasteiger charge is -2.09. The van der Waals surface area contributed by atoms with E-state index in [9.17, 15) is 9.32 Å². The van der Waals surface area contributed by atoms with Gasteiger partial charge < -0.3 is 9.84 Å². The molecule has 116 valence electrons. The summed E-state index contributed by atoms with van der Waals surface area (Å²) in [5, 5.41) is 11.5. The van der Waals surface area contributed by atoms with Gasteiger partial charge in [0.25, 0.3) is 0 Å². The highest BCUT2D eigenvalue weighted by Gasteiger charge is 2.06. The van der Waals surface area contributed by atoms with Gasteiger partial charge >= 0.3 is 0 Å². The molecule has 7 heteroatoms. The van der Waals surface area contributed by atoms with Gasteiger partial charge in [-0.1, -0.05) is 23.7 Å². The first kappa shape index (κ1) is 16.2. The first-order chi connectivity index (χ1) is 10.4. The second-order valence-electron chi connectivity index (χ2n) is 4.45. The highest BCUT2D eigenvalue weighted by molar-refractivity contribution is 7.96. The van der Waals surface area contributed by atoms with Crippen molar-refractivity contribution in [2.75, 3.05) is 11.8 Å². The van der Waals surface area contributed by atoms with Crippen molar-refractivity contribution in [3.8, 4) is 11.5 Å². The predicted octanol–water partition coefficient (Wildman–Crippen LogP) is 4.10. The molecule has 0 aliphatic rings. The molecule has 1 unspecified atom stereocenters. The van der Waals surface area contributed by atoms with Gasteiger partial charge in [-0.15, -0.1) is 0 Å². The molecular weight excluding hydrogens is 324 g/mol. The average Bonchev–Trinajstić information content (AvgIpc) is 2.45. The molecule has 0 fully saturated rings. The largest absolute Gasteiger partial charge is 0.504 e. The normalized spacial score (nSPS) is 13.7. The Morgan fingerprint density at radius 2 is 2.09 bits per heavy atom. The van der Waals surface area contributed by atoms with Gasteiger partial charge in [-0.25, -0.2) is 8.99 Å². The van der Waals surface area contributed by atoms with E-state index >= 15 is 0 Å². The lowest BCUT2D eigenvalue weighted by atomic mass is 10.2. The first-order valence-corrected chi connectivity index (χ1v) is 8.27. The van der Waals surface area contributed by atoms with Crippen LogP contribution in [0.2, 0.25) is 5.02 Å². The van der Waals surface area contributed by atoms with E-state index in [0.717, 1.165) is 5.56 Å². The molecule has 2 aromatic rings. The van der Waals surface area contributed by atoms with Crippen LogP contribution in [-0.4, -0.2) is 16.4 Å². The first-order valence-electron chi connectivity index (χ1n) is 6.27. The van der Waals surface area contributed by atoms with Gasteiger partial charge in [0, 0.05) is 16.5 Å². The molecule has 1 atom stereocenters. The van der Waals surface area contributed by atoms with Crippen LogP contribution >= 0.6 is 11.6 Å². The number of hydrogen-bond acceptors (Lipinski definition) is 4. The fraction of sp³-hybridized carbons (Fsp3) is 0.0667. The summed E-state index contributed by atoms with van der Waals surface area (Å²) in [4.78, 5) is 0. The molecule has 2 rings (SSSR count). The second-order valence-corrected chi connectivity index (χ2v) is 6.56. The summed E-state index contributed by atoms with van der Waals surface area (Å²) in [7, 11) is -1.77. The summed E-state index contributed by atoms with van der Waals surface area (Å²) >= 11 is 5.86. The molecule has 3 N–H and O–H groups in total. The Kier molecular flexibility index (Phi) is 4.95. The smallest absolute Gasteiger partial charge is 0.160 e. The molecule has 0 saturated heterocycles. The second kappa shape index (κ2) is 6.72. The van der Waals surface area contributed by atoms with Crippen molar-refractivity contribution in [1.82, 2.24) is 0 Å². The fourth-order valence-electron chi connectivity index (χ4n) is 1.75. The quantitative estimate of drug-likeness (QED) is 0.767. The highest BCUT2D eigenvalue weighted by atomic mass is 35.5. The van der Waals surface area contributed by atoms with E-state index in [0.29, 0.717) is 16.5 Å². The Bertz CT molecular complexity index is 804. The van der Waals surface area contributed by atoms with Crippen molar-refractivity contribution in [1.29, 1.82) is 4.78 Å². The van der Waals surface area contributed by atoms with E-state index in [-0.39, 0.29) is 5.75 Å². The maximum atomic E-state index is 12.2. The van der Waals surface area contributed by atoms with Crippen molar-refractivity contribution in [3.05, 3.63) is 58.5 Å². The zero-order valence-electron chi connectivity index (χ0n) is 11.7. The van der Waals surface area contributed by atoms with Gasteiger partial charge in [-0.2, -0.15) is 0 Å². The van der Waals surface area contributed by atoms with Gasteiger partial charge in [-0.3, -0.25) is 4.72 Å². The summed E-state index contributed by atoms with van der Waals surface area (Å²) in [5.74, 6) is 0.206. The predicted molar refractivity (Wildman–Crippen MR) is 89.6 cm³/mol. The number of anilines is 1. The topological polar surface area (TPSA) is 82.4 Å². The van der Waals surface area contributed by atoms with Crippen molar-refractivity contribution in [2.24, 2.45) is 0 Å². The fourth-order valence-corrected chi connectivity index (χ4v) is 2.84. The Hall–Kier alpha value is -2.18. The molecule has 0 aromatic heterocycles. The third kappa shape index (κ3) is 4.41. The number of halogens is 1. The molecule has 5 nitrogen and oxygen atoms in total. The lowest BCUT2D eigenvalue weighted by molar-refractivity contribution is 0.373. The number of benzene rings is 2. The van der Waals surface area contributed by atoms with Gasteiger partial charge in [0.05, 0.1) is 12.8 Å². The zero-order chi connectivity index (χ0) is 16.2. The van der Waals surface area contributed by atoms with Crippen molar-refractivity contribution < 1.29 is 14.1 Å². The zero-order valence-corrected chi connectivity index (χ0v) is 13.3. The van der Waals surface area contributed by atoms with Crippen molar-refractivity contribution in [3.63, 3.8) is 0 Å². The molecular formula is C15H15ClN2O3S. The Morgan fingerprint density at radius 1 is 1.32 bits per heavy atom. The highest BCUT2D eigenvalue weighted by Crippen LogP contribution is 2.29. The Labute approximate surface area is 134 Å². The minimum absolute atomic E-state index is 0.0958. The number of methoxy groups -OCH3 is 1. The van der Waals surface area contributed by atoms with E-state index in [2.05, 4.69) is 4.72 Å². The van der Waals surface area contributed by atoms with Crippen molar-refractivity contribution in [2.45, 2.75) is 0 Å². The molecule has 0 bridgehead atoms. The van der Waals surface area contributed by atoms with Gasteiger partial charge in [-0.05, 0) is 35.9 Å². The Morgan fingerprint density at radius 3 is 2.73 bits per heavy atom. The van der Waals surface area contributed by atoms with Crippen LogP contribution in [0.3, 0.4) is 0 Å². The molecule has 0 spiro atoms. The van der Waals surface area contributed by atoms with Gasteiger partial charge in [0.15, 0.2) is 11.5 Å². The van der Waals surface area contributed by atoms with Crippen LogP contribution in [0.25, 0.3) is 6.08 Å². The lowest BCUT2D eigenvalue weighted by Crippen LogP contribution is -2.07. The summed E-state index contributed by atoms with van der Waals surface area (Å²) in [6.45, 7) is 0. The monoisotopic (exact) mass is 338 g/mol. The van der Waals surface area contributed by atoms with Crippen LogP contribution in [0.5, 0.6) is 11.5 Å². The average molecular weight is 339 g/mol. The number of aromatic hydroxyl groups is 1. The number of hydrogen-bond donors (Lipinski definition) is 3. The Balaban J connectivity index is 2.16. The summed E-state index contributed by atoms with van der Waals surface area (Å²) in [6.07, 6.45) is 1.55. The standard InChI is InChI=1S/C15H15ClN2O3S/c1-21-15-6-5-13(10-14(15)19)18-22(17,20)8-7-11-3-2-4-12(16)9-11/h2-10,19H,1H3,(H2,17,18,20). The summed E-state index contributed by atoms with van der Waals surface area (Å²) in [6, 6.07) is 11.4. The van der Waals surface area contributed by atoms with Crippen LogP contribution < -0.4 is 9.46 Å². The maximum absolute atomic E-state index is 12.2. The summed E-state index contributed by atoms with van der Waals surface area (Å²) in [5.41, 5.74) is 1.10. The van der Waals surface area contributed by atoms with Crippen LogP contribution in [0.4, 0.5) is 5.69 Å². The van der Waals surface area contributed by atoms with E-state index in [4.69, 9.17) is 21.1 Å². The number of nitrogens with one attached hydrogen (secondary N) is 2. The van der Waals surface area contributed by atoms with Gasteiger partial charge in [0.2, 0.25) is 0 Å². The van der Waals surface area contributed by atoms with Crippen LogP contribution in [0.1, 0.15) is 5.56 Å². The molecule has 0 amide bonds. The number of ether oxygens (including phenoxy) is 1. The van der Waals surface area contributed by atoms with E-state index in [1.807, 2.05) is 0 Å². The third-order valence-electron chi connectivity index (χ3n) is 2.75. The molecule has 0 radical (unpaired) electrons. The maximum Gasteiger partial charge on any atom is 0.160 e. The SMILES string of the molecule is COc1ccc(NS(=N)(=O)C=Cc2cccc(Cl)c2)cc1O. The number of phenolic OH excluding ortho intramolecular Hbond substituents is 1. The minimum Gasteiger partial charge on any atom is -0.504 e. The number of rotatable bonds is 5. The van der Waals surface area contributed by atoms with Crippen molar-refractivity contribution >= 4 is 33.3 Å².